The molecule has 0 amide bonds. The van der Waals surface area contributed by atoms with Crippen LogP contribution in [0.4, 0.5) is 13.2 Å². The highest BCUT2D eigenvalue weighted by molar-refractivity contribution is 4.77. The molecule has 0 radical (unpaired) electrons. The van der Waals surface area contributed by atoms with E-state index in [1.807, 2.05) is 6.92 Å². The third-order valence-electron chi connectivity index (χ3n) is 2.01. The molecule has 0 saturated carbocycles. The van der Waals surface area contributed by atoms with E-state index in [1.165, 1.54) is 0 Å². The van der Waals surface area contributed by atoms with Gasteiger partial charge in [0, 0.05) is 12.6 Å². The van der Waals surface area contributed by atoms with Crippen LogP contribution in [0.1, 0.15) is 26.2 Å². The number of alkyl halides is 3. The quantitative estimate of drug-likeness (QED) is 0.493. The van der Waals surface area contributed by atoms with E-state index >= 15 is 0 Å². The minimum atomic E-state index is -4.23. The molecule has 0 rings (SSSR count). The number of hydrogen-bond acceptors (Lipinski definition) is 2. The van der Waals surface area contributed by atoms with Crippen molar-refractivity contribution in [3.63, 3.8) is 0 Å². The second kappa shape index (κ2) is 8.58. The lowest BCUT2D eigenvalue weighted by Gasteiger charge is -2.17. The Labute approximate surface area is 94.9 Å². The van der Waals surface area contributed by atoms with Gasteiger partial charge in [0.05, 0.1) is 0 Å². The maximum absolute atomic E-state index is 11.8. The van der Waals surface area contributed by atoms with Crippen LogP contribution in [0.15, 0.2) is 12.7 Å². The predicted molar refractivity (Wildman–Crippen MR) is 58.4 cm³/mol. The highest BCUT2D eigenvalue weighted by Gasteiger charge is 2.27. The highest BCUT2D eigenvalue weighted by atomic mass is 19.4. The molecular formula is C11H20F3NO. The lowest BCUT2D eigenvalue weighted by atomic mass is 10.1. The lowest BCUT2D eigenvalue weighted by Crippen LogP contribution is -2.31. The fourth-order valence-corrected chi connectivity index (χ4v) is 1.27. The van der Waals surface area contributed by atoms with Crippen molar-refractivity contribution in [1.82, 2.24) is 5.32 Å². The summed E-state index contributed by atoms with van der Waals surface area (Å²) >= 11 is 0. The Bertz CT molecular complexity index is 183. The van der Waals surface area contributed by atoms with Crippen molar-refractivity contribution in [2.24, 2.45) is 0 Å². The molecule has 0 aliphatic rings. The van der Waals surface area contributed by atoms with Crippen molar-refractivity contribution in [1.29, 1.82) is 0 Å². The van der Waals surface area contributed by atoms with Crippen molar-refractivity contribution >= 4 is 0 Å². The van der Waals surface area contributed by atoms with E-state index < -0.39 is 12.8 Å². The van der Waals surface area contributed by atoms with Crippen LogP contribution in [0.2, 0.25) is 0 Å². The zero-order chi connectivity index (χ0) is 12.4. The molecule has 0 aromatic heterocycles. The van der Waals surface area contributed by atoms with Crippen LogP contribution < -0.4 is 5.32 Å². The van der Waals surface area contributed by atoms with Gasteiger partial charge in [-0.3, -0.25) is 0 Å². The molecule has 0 saturated heterocycles. The first-order valence-corrected chi connectivity index (χ1v) is 5.48. The van der Waals surface area contributed by atoms with E-state index in [2.05, 4.69) is 16.6 Å². The number of rotatable bonds is 9. The Balaban J connectivity index is 3.62. The first-order chi connectivity index (χ1) is 7.49. The molecule has 0 fully saturated rings. The third-order valence-corrected chi connectivity index (χ3v) is 2.01. The summed E-state index contributed by atoms with van der Waals surface area (Å²) in [5.74, 6) is 0. The van der Waals surface area contributed by atoms with E-state index in [9.17, 15) is 13.2 Å². The van der Waals surface area contributed by atoms with Gasteiger partial charge in [-0.15, -0.1) is 6.58 Å². The van der Waals surface area contributed by atoms with Crippen molar-refractivity contribution < 1.29 is 17.9 Å². The SMILES string of the molecule is C=CCC(CCOCC(F)(F)F)NCCC. The Kier molecular flexibility index (Phi) is 8.29. The summed E-state index contributed by atoms with van der Waals surface area (Å²) in [7, 11) is 0. The molecule has 1 atom stereocenters. The smallest absolute Gasteiger partial charge is 0.372 e. The Morgan fingerprint density at radius 3 is 2.62 bits per heavy atom. The molecule has 0 aliphatic carbocycles. The van der Waals surface area contributed by atoms with Crippen molar-refractivity contribution in [3.8, 4) is 0 Å². The van der Waals surface area contributed by atoms with Gasteiger partial charge in [0.1, 0.15) is 6.61 Å². The highest BCUT2D eigenvalue weighted by Crippen LogP contribution is 2.14. The molecule has 96 valence electrons. The molecule has 1 N–H and O–H groups in total. The number of nitrogens with one attached hydrogen (secondary N) is 1. The van der Waals surface area contributed by atoms with Crippen LogP contribution in [-0.4, -0.2) is 32.0 Å². The second-order valence-corrected chi connectivity index (χ2v) is 3.63. The predicted octanol–water partition coefficient (Wildman–Crippen LogP) is 2.90. The summed E-state index contributed by atoms with van der Waals surface area (Å²) in [6, 6.07) is 0.158. The monoisotopic (exact) mass is 239 g/mol. The molecule has 0 aliphatic heterocycles. The summed E-state index contributed by atoms with van der Waals surface area (Å²) in [6.07, 6.45) is -0.156. The third kappa shape index (κ3) is 9.98. The lowest BCUT2D eigenvalue weighted by molar-refractivity contribution is -0.174. The molecule has 16 heavy (non-hydrogen) atoms. The van der Waals surface area contributed by atoms with Crippen LogP contribution in [-0.2, 0) is 4.74 Å². The number of hydrogen-bond donors (Lipinski definition) is 1. The molecule has 5 heteroatoms. The van der Waals surface area contributed by atoms with Crippen LogP contribution >= 0.6 is 0 Å². The van der Waals surface area contributed by atoms with Crippen LogP contribution in [0, 0.1) is 0 Å². The Morgan fingerprint density at radius 1 is 1.44 bits per heavy atom. The molecule has 2 nitrogen and oxygen atoms in total. The molecular weight excluding hydrogens is 219 g/mol. The first kappa shape index (κ1) is 15.4. The van der Waals surface area contributed by atoms with Gasteiger partial charge >= 0.3 is 6.18 Å². The van der Waals surface area contributed by atoms with E-state index in [-0.39, 0.29) is 12.6 Å². The summed E-state index contributed by atoms with van der Waals surface area (Å²) in [4.78, 5) is 0. The second-order valence-electron chi connectivity index (χ2n) is 3.63. The number of ether oxygens (including phenoxy) is 1. The molecule has 0 aromatic rings. The largest absolute Gasteiger partial charge is 0.411 e. The summed E-state index contributed by atoms with van der Waals surface area (Å²) in [5.41, 5.74) is 0. The van der Waals surface area contributed by atoms with Gasteiger partial charge in [-0.1, -0.05) is 13.0 Å². The zero-order valence-corrected chi connectivity index (χ0v) is 9.65. The van der Waals surface area contributed by atoms with Gasteiger partial charge in [0.25, 0.3) is 0 Å². The first-order valence-electron chi connectivity index (χ1n) is 5.48. The normalized spacial score (nSPS) is 13.8. The summed E-state index contributed by atoms with van der Waals surface area (Å²) < 4.78 is 39.9. The van der Waals surface area contributed by atoms with E-state index in [0.717, 1.165) is 19.4 Å². The minimum absolute atomic E-state index is 0.120. The standard InChI is InChI=1S/C11H20F3NO/c1-3-5-10(15-7-4-2)6-8-16-9-11(12,13)14/h3,10,15H,1,4-9H2,2H3. The number of halogens is 3. The van der Waals surface area contributed by atoms with Crippen LogP contribution in [0.5, 0.6) is 0 Å². The van der Waals surface area contributed by atoms with Gasteiger partial charge in [-0.2, -0.15) is 13.2 Å². The fraction of sp³-hybridized carbons (Fsp3) is 0.818. The maximum Gasteiger partial charge on any atom is 0.411 e. The topological polar surface area (TPSA) is 21.3 Å². The summed E-state index contributed by atoms with van der Waals surface area (Å²) in [5, 5.41) is 3.24. The molecule has 0 heterocycles. The van der Waals surface area contributed by atoms with Gasteiger partial charge in [0.15, 0.2) is 0 Å². The molecule has 1 unspecified atom stereocenters. The van der Waals surface area contributed by atoms with E-state index in [0.29, 0.717) is 6.42 Å². The minimum Gasteiger partial charge on any atom is -0.372 e. The van der Waals surface area contributed by atoms with Crippen LogP contribution in [0.3, 0.4) is 0 Å². The molecule has 0 aromatic carbocycles. The van der Waals surface area contributed by atoms with Crippen LogP contribution in [0.25, 0.3) is 0 Å². The van der Waals surface area contributed by atoms with Gasteiger partial charge in [-0.05, 0) is 25.8 Å². The van der Waals surface area contributed by atoms with Crippen molar-refractivity contribution in [2.45, 2.75) is 38.4 Å². The van der Waals surface area contributed by atoms with E-state index in [4.69, 9.17) is 0 Å². The Morgan fingerprint density at radius 2 is 2.12 bits per heavy atom. The fourth-order valence-electron chi connectivity index (χ4n) is 1.27. The van der Waals surface area contributed by atoms with E-state index in [1.54, 1.807) is 6.08 Å². The maximum atomic E-state index is 11.8. The average Bonchev–Trinajstić information content (AvgIpc) is 2.19. The van der Waals surface area contributed by atoms with Gasteiger partial charge < -0.3 is 10.1 Å². The molecule has 0 bridgehead atoms. The summed E-state index contributed by atoms with van der Waals surface area (Å²) in [6.45, 7) is 5.47. The van der Waals surface area contributed by atoms with Crippen molar-refractivity contribution in [3.05, 3.63) is 12.7 Å². The zero-order valence-electron chi connectivity index (χ0n) is 9.65. The van der Waals surface area contributed by atoms with Gasteiger partial charge in [0.2, 0.25) is 0 Å². The average molecular weight is 239 g/mol. The van der Waals surface area contributed by atoms with Crippen molar-refractivity contribution in [2.75, 3.05) is 19.8 Å². The molecule has 0 spiro atoms. The Hall–Kier alpha value is -0.550. The van der Waals surface area contributed by atoms with Gasteiger partial charge in [-0.25, -0.2) is 0 Å².